The van der Waals surface area contributed by atoms with E-state index < -0.39 is 5.60 Å². The van der Waals surface area contributed by atoms with Crippen molar-refractivity contribution in [3.63, 3.8) is 0 Å². The van der Waals surface area contributed by atoms with Gasteiger partial charge in [-0.25, -0.2) is 0 Å². The van der Waals surface area contributed by atoms with Crippen LogP contribution in [-0.4, -0.2) is 42.9 Å². The summed E-state index contributed by atoms with van der Waals surface area (Å²) < 4.78 is 4.25. The fourth-order valence-corrected chi connectivity index (χ4v) is 13.8. The maximum atomic E-state index is 12.2. The van der Waals surface area contributed by atoms with Gasteiger partial charge in [0.25, 0.3) is 0 Å². The maximum absolute atomic E-state index is 12.2. The highest BCUT2D eigenvalue weighted by Gasteiger charge is 2.46. The number of methoxy groups -OCH3 is 1. The normalized spacial score (nSPS) is 17.7. The summed E-state index contributed by atoms with van der Waals surface area (Å²) in [6, 6.07) is 54.5. The molecule has 3 unspecified atom stereocenters. The molecule has 2 heterocycles. The van der Waals surface area contributed by atoms with Gasteiger partial charge in [0.1, 0.15) is 5.60 Å². The predicted octanol–water partition coefficient (Wildman–Crippen LogP) is 22.5. The van der Waals surface area contributed by atoms with Crippen LogP contribution in [-0.2, 0) is 40.2 Å². The molecule has 0 aromatic heterocycles. The van der Waals surface area contributed by atoms with Gasteiger partial charge in [-0.2, -0.15) is 0 Å². The van der Waals surface area contributed by atoms with E-state index in [2.05, 4.69) is 280 Å². The van der Waals surface area contributed by atoms with E-state index in [1.807, 2.05) is 74.6 Å². The summed E-state index contributed by atoms with van der Waals surface area (Å²) in [5.74, 6) is 0.306. The SMILES string of the molecule is C=CCN1/C(=C/C=C/C(CCc2ccc(CC)cc2)C(C)(C)c2c(C)ccc3ccccc23)C(C)(C/C(C=C)=C/C=C\C)c2ccccc21.C=CCN1C(C=C)=C(C=C)C(O)(Cc2ccccc2)/C1=C\C=C\C(=C)C(C)(C)c1c(C)ccc2ccccc12.CC.COC. The highest BCUT2D eigenvalue weighted by atomic mass is 16.4. The molecule has 93 heavy (non-hydrogen) atoms. The Morgan fingerprint density at radius 3 is 1.76 bits per heavy atom. The molecule has 0 radical (unpaired) electrons. The maximum Gasteiger partial charge on any atom is 0.135 e. The summed E-state index contributed by atoms with van der Waals surface area (Å²) in [6.45, 7) is 50.6. The van der Waals surface area contributed by atoms with Crippen LogP contribution in [0.5, 0.6) is 0 Å². The standard InChI is InChI=1S/C48H55N.C37H39NO.C2H6O.C2H6/c1-9-13-19-38(12-4)35-48(8)43-23-16-17-24-44(43)49(34-10-2)45(48)25-18-21-41(33-31-39-29-27-37(11-3)28-30-39)47(6,7)46-36(5)26-32-40-20-14-15-22-42(40)46;1-8-25-38-33(10-3)32(9-2)37(39,26-29-18-12-11-13-19-29)34(38)22-16-17-28(5)36(6,7)35-27(4)23-24-30-20-14-15-21-31(30)35;1-3-2;1-2/h9-10,12-30,32,41H,2,4,11,31,33-35H2,1,3,5-8H3;8-24,39H,1-3,5,25-26H2,4,6-7H3;1-2H3;1-2H3/b13-9-,21-18+,38-19+,45-25+;17-16+,34-22+;;. The molecule has 0 spiro atoms. The molecule has 0 amide bonds. The van der Waals surface area contributed by atoms with Crippen molar-refractivity contribution in [1.29, 1.82) is 0 Å². The summed E-state index contributed by atoms with van der Waals surface area (Å²) in [7, 11) is 3.25. The van der Waals surface area contributed by atoms with E-state index in [4.69, 9.17) is 0 Å². The Labute approximate surface area is 561 Å². The van der Waals surface area contributed by atoms with Gasteiger partial charge in [0, 0.05) is 67.2 Å². The van der Waals surface area contributed by atoms with Crippen LogP contribution >= 0.6 is 0 Å². The number of ether oxygens (including phenoxy) is 1. The Morgan fingerprint density at radius 1 is 0.634 bits per heavy atom. The van der Waals surface area contributed by atoms with Crippen molar-refractivity contribution in [3.05, 3.63) is 355 Å². The Balaban J connectivity index is 0.000000282. The second kappa shape index (κ2) is 34.2. The molecule has 4 heteroatoms. The lowest BCUT2D eigenvalue weighted by molar-refractivity contribution is 0.111. The van der Waals surface area contributed by atoms with E-state index >= 15 is 0 Å². The van der Waals surface area contributed by atoms with E-state index in [9.17, 15) is 5.11 Å². The molecule has 0 bridgehead atoms. The first-order valence-corrected chi connectivity index (χ1v) is 33.3. The molecule has 2 aliphatic heterocycles. The third-order valence-electron chi connectivity index (χ3n) is 18.6. The second-order valence-corrected chi connectivity index (χ2v) is 25.4. The van der Waals surface area contributed by atoms with Gasteiger partial charge < -0.3 is 19.6 Å². The number of fused-ring (bicyclic) bond motifs is 3. The van der Waals surface area contributed by atoms with Crippen molar-refractivity contribution < 1.29 is 9.84 Å². The van der Waals surface area contributed by atoms with Gasteiger partial charge in [0.2, 0.25) is 0 Å². The molecular weight excluding hydrogens is 1130 g/mol. The zero-order chi connectivity index (χ0) is 67.9. The average Bonchev–Trinajstić information content (AvgIpc) is 1.66. The summed E-state index contributed by atoms with van der Waals surface area (Å²) in [5.41, 5.74) is 15.8. The van der Waals surface area contributed by atoms with Gasteiger partial charge in [-0.05, 0) is 166 Å². The highest BCUT2D eigenvalue weighted by molar-refractivity contribution is 5.89. The number of anilines is 1. The van der Waals surface area contributed by atoms with Crippen LogP contribution in [0.4, 0.5) is 5.69 Å². The highest BCUT2D eigenvalue weighted by Crippen LogP contribution is 2.52. The lowest BCUT2D eigenvalue weighted by Gasteiger charge is -2.36. The van der Waals surface area contributed by atoms with Gasteiger partial charge >= 0.3 is 0 Å². The Morgan fingerprint density at radius 2 is 1.18 bits per heavy atom. The third-order valence-corrected chi connectivity index (χ3v) is 18.6. The number of nitrogens with zero attached hydrogens (tertiary/aromatic N) is 2. The zero-order valence-corrected chi connectivity index (χ0v) is 58.5. The average molecular weight is 1240 g/mol. The summed E-state index contributed by atoms with van der Waals surface area (Å²) in [5, 5.41) is 17.4. The van der Waals surface area contributed by atoms with Crippen LogP contribution in [0.1, 0.15) is 120 Å². The molecule has 484 valence electrons. The smallest absolute Gasteiger partial charge is 0.135 e. The zero-order valence-electron chi connectivity index (χ0n) is 58.5. The number of rotatable bonds is 24. The van der Waals surface area contributed by atoms with Crippen molar-refractivity contribution in [2.75, 3.05) is 32.2 Å². The molecule has 9 rings (SSSR count). The molecule has 0 aliphatic carbocycles. The van der Waals surface area contributed by atoms with Crippen molar-refractivity contribution in [1.82, 2.24) is 4.90 Å². The van der Waals surface area contributed by atoms with Crippen LogP contribution < -0.4 is 4.90 Å². The number of para-hydroxylation sites is 1. The van der Waals surface area contributed by atoms with Crippen molar-refractivity contribution >= 4 is 27.2 Å². The molecule has 7 aromatic carbocycles. The fraction of sp³-hybridized carbons (Fsp3) is 0.281. The van der Waals surface area contributed by atoms with Gasteiger partial charge in [-0.15, -0.1) is 13.2 Å². The van der Waals surface area contributed by atoms with Crippen LogP contribution in [0.15, 0.2) is 310 Å². The van der Waals surface area contributed by atoms with Crippen LogP contribution in [0, 0.1) is 19.8 Å². The van der Waals surface area contributed by atoms with Gasteiger partial charge in [-0.3, -0.25) is 0 Å². The lowest BCUT2D eigenvalue weighted by Crippen LogP contribution is -2.36. The minimum atomic E-state index is -1.26. The molecule has 0 fully saturated rings. The number of aryl methyl sites for hydroxylation is 4. The predicted molar refractivity (Wildman–Crippen MR) is 407 cm³/mol. The molecule has 0 saturated carbocycles. The largest absolute Gasteiger partial charge is 0.388 e. The van der Waals surface area contributed by atoms with Crippen molar-refractivity contribution in [3.8, 4) is 0 Å². The topological polar surface area (TPSA) is 35.9 Å². The Bertz CT molecular complexity index is 3940. The minimum Gasteiger partial charge on any atom is -0.388 e. The molecule has 3 atom stereocenters. The quantitative estimate of drug-likeness (QED) is 0.0483. The number of aliphatic hydroxyl groups is 1. The van der Waals surface area contributed by atoms with E-state index in [-0.39, 0.29) is 16.2 Å². The molecule has 4 nitrogen and oxygen atoms in total. The van der Waals surface area contributed by atoms with E-state index in [0.29, 0.717) is 18.9 Å². The Kier molecular flexibility index (Phi) is 26.9. The first-order valence-electron chi connectivity index (χ1n) is 33.3. The first kappa shape index (κ1) is 73.3. The summed E-state index contributed by atoms with van der Waals surface area (Å²) in [6.07, 6.45) is 33.5. The van der Waals surface area contributed by atoms with Crippen LogP contribution in [0.25, 0.3) is 21.5 Å². The molecule has 1 N–H and O–H groups in total. The first-order chi connectivity index (χ1) is 44.8. The number of allylic oxidation sites excluding steroid dienone is 14. The van der Waals surface area contributed by atoms with Gasteiger partial charge in [0.15, 0.2) is 0 Å². The number of benzene rings is 7. The second-order valence-electron chi connectivity index (χ2n) is 25.4. The van der Waals surface area contributed by atoms with E-state index in [1.54, 1.807) is 26.4 Å². The van der Waals surface area contributed by atoms with Gasteiger partial charge in [-0.1, -0.05) is 287 Å². The molecule has 7 aromatic rings. The van der Waals surface area contributed by atoms with Gasteiger partial charge in [0.05, 0.1) is 5.70 Å². The minimum absolute atomic E-state index is 0.0999. The van der Waals surface area contributed by atoms with Crippen molar-refractivity contribution in [2.24, 2.45) is 5.92 Å². The van der Waals surface area contributed by atoms with E-state index in [0.717, 1.165) is 60.3 Å². The Hall–Kier alpha value is -8.80. The number of hydrogen-bond donors (Lipinski definition) is 1. The van der Waals surface area contributed by atoms with Crippen molar-refractivity contribution in [2.45, 2.75) is 130 Å². The monoisotopic (exact) mass is 1230 g/mol. The van der Waals surface area contributed by atoms with Crippen LogP contribution in [0.3, 0.4) is 0 Å². The molecular formula is C89H106N2O2. The van der Waals surface area contributed by atoms with Crippen LogP contribution in [0.2, 0.25) is 0 Å². The summed E-state index contributed by atoms with van der Waals surface area (Å²) >= 11 is 0. The summed E-state index contributed by atoms with van der Waals surface area (Å²) in [4.78, 5) is 4.51. The molecule has 2 aliphatic rings. The third kappa shape index (κ3) is 16.7. The fourth-order valence-electron chi connectivity index (χ4n) is 13.8. The lowest BCUT2D eigenvalue weighted by atomic mass is 9.68. The molecule has 0 saturated heterocycles. The van der Waals surface area contributed by atoms with E-state index in [1.165, 1.54) is 77.4 Å². The number of hydrogen-bond acceptors (Lipinski definition) is 4.